The number of aryl methyl sites for hydroxylation is 1. The summed E-state index contributed by atoms with van der Waals surface area (Å²) >= 11 is 0. The van der Waals surface area contributed by atoms with Crippen molar-refractivity contribution >= 4 is 5.91 Å². The van der Waals surface area contributed by atoms with E-state index < -0.39 is 18.1 Å². The molecule has 0 bridgehead atoms. The highest BCUT2D eigenvalue weighted by molar-refractivity contribution is 5.95. The Morgan fingerprint density at radius 1 is 1.20 bits per heavy atom. The summed E-state index contributed by atoms with van der Waals surface area (Å²) in [4.78, 5) is 24.6. The summed E-state index contributed by atoms with van der Waals surface area (Å²) in [6.45, 7) is 2.82. The van der Waals surface area contributed by atoms with Crippen LogP contribution in [0.1, 0.15) is 28.5 Å². The van der Waals surface area contributed by atoms with Crippen LogP contribution in [0.4, 0.5) is 13.2 Å². The monoisotopic (exact) mass is 481 g/mol. The molecule has 0 spiro atoms. The number of carbonyl (C=O) groups excluding carboxylic acids is 1. The van der Waals surface area contributed by atoms with Gasteiger partial charge in [0.15, 0.2) is 0 Å². The largest absolute Gasteiger partial charge is 0.336 e. The normalized spacial score (nSPS) is 17.9. The van der Waals surface area contributed by atoms with Crippen LogP contribution in [0.25, 0.3) is 11.3 Å². The van der Waals surface area contributed by atoms with Crippen molar-refractivity contribution in [3.8, 4) is 23.1 Å². The molecule has 0 saturated carbocycles. The molecular formula is C26H26F3N5O. The van der Waals surface area contributed by atoms with Gasteiger partial charge in [-0.05, 0) is 30.7 Å². The Morgan fingerprint density at radius 2 is 1.97 bits per heavy atom. The number of benzene rings is 1. The molecule has 2 aliphatic rings. The van der Waals surface area contributed by atoms with Gasteiger partial charge in [-0.25, -0.2) is 23.1 Å². The van der Waals surface area contributed by atoms with Gasteiger partial charge in [-0.2, -0.15) is 0 Å². The van der Waals surface area contributed by atoms with Gasteiger partial charge in [-0.15, -0.1) is 0 Å². The lowest BCUT2D eigenvalue weighted by Gasteiger charge is -2.34. The number of piperazine rings is 1. The zero-order chi connectivity index (χ0) is 24.9. The summed E-state index contributed by atoms with van der Waals surface area (Å²) in [5.41, 5.74) is 8.86. The fraction of sp³-hybridized carbons (Fsp3) is 0.346. The number of rotatable bonds is 5. The van der Waals surface area contributed by atoms with E-state index in [1.165, 1.54) is 23.4 Å². The first kappa shape index (κ1) is 24.6. The van der Waals surface area contributed by atoms with Crippen LogP contribution in [0, 0.1) is 17.7 Å². The third kappa shape index (κ3) is 5.78. The summed E-state index contributed by atoms with van der Waals surface area (Å²) in [5, 5.41) is 0. The maximum absolute atomic E-state index is 15.1. The van der Waals surface area contributed by atoms with Gasteiger partial charge in [-0.3, -0.25) is 9.69 Å². The molecule has 1 unspecified atom stereocenters. The molecule has 4 rings (SSSR count). The molecule has 2 aromatic rings. The zero-order valence-electron chi connectivity index (χ0n) is 19.3. The van der Waals surface area contributed by atoms with E-state index in [9.17, 15) is 13.6 Å². The second kappa shape index (κ2) is 10.8. The molecule has 1 aliphatic carbocycles. The maximum Gasteiger partial charge on any atom is 0.256 e. The topological polar surface area (TPSA) is 75.4 Å². The van der Waals surface area contributed by atoms with E-state index in [4.69, 9.17) is 5.73 Å². The summed E-state index contributed by atoms with van der Waals surface area (Å²) in [6, 6.07) is 4.19. The zero-order valence-corrected chi connectivity index (χ0v) is 19.3. The number of hydrogen-bond acceptors (Lipinski definition) is 5. The molecule has 1 aromatic heterocycles. The molecule has 6 nitrogen and oxygen atoms in total. The van der Waals surface area contributed by atoms with Gasteiger partial charge in [0, 0.05) is 43.4 Å². The predicted octanol–water partition coefficient (Wildman–Crippen LogP) is 3.04. The van der Waals surface area contributed by atoms with Gasteiger partial charge in [-0.1, -0.05) is 30.9 Å². The molecule has 1 aliphatic heterocycles. The van der Waals surface area contributed by atoms with E-state index in [-0.39, 0.29) is 31.2 Å². The summed E-state index contributed by atoms with van der Waals surface area (Å²) in [7, 11) is 0. The summed E-state index contributed by atoms with van der Waals surface area (Å²) in [6.07, 6.45) is 5.15. The molecule has 1 aromatic carbocycles. The fourth-order valence-electron chi connectivity index (χ4n) is 4.13. The van der Waals surface area contributed by atoms with Crippen LogP contribution in [0.3, 0.4) is 0 Å². The highest BCUT2D eigenvalue weighted by atomic mass is 19.3. The number of allylic oxidation sites excluding steroid dienone is 2. The van der Waals surface area contributed by atoms with E-state index in [1.807, 2.05) is 25.2 Å². The fourth-order valence-corrected chi connectivity index (χ4v) is 4.13. The molecule has 1 atom stereocenters. The summed E-state index contributed by atoms with van der Waals surface area (Å²) in [5.74, 6) is 5.05. The van der Waals surface area contributed by atoms with Gasteiger partial charge in [0.05, 0.1) is 29.1 Å². The minimum atomic E-state index is -2.42. The van der Waals surface area contributed by atoms with Crippen molar-refractivity contribution in [1.82, 2.24) is 19.8 Å². The highest BCUT2D eigenvalue weighted by Gasteiger charge is 2.26. The number of hydrogen-bond donors (Lipinski definition) is 1. The van der Waals surface area contributed by atoms with Crippen LogP contribution >= 0.6 is 0 Å². The lowest BCUT2D eigenvalue weighted by Crippen LogP contribution is -2.49. The Balaban J connectivity index is 1.57. The highest BCUT2D eigenvalue weighted by Crippen LogP contribution is 2.26. The molecule has 1 amide bonds. The van der Waals surface area contributed by atoms with E-state index >= 15 is 4.39 Å². The van der Waals surface area contributed by atoms with Gasteiger partial charge >= 0.3 is 0 Å². The molecular weight excluding hydrogens is 455 g/mol. The van der Waals surface area contributed by atoms with Gasteiger partial charge in [0.25, 0.3) is 12.3 Å². The van der Waals surface area contributed by atoms with E-state index in [0.29, 0.717) is 36.3 Å². The second-order valence-corrected chi connectivity index (χ2v) is 8.38. The van der Waals surface area contributed by atoms with Crippen LogP contribution < -0.4 is 5.73 Å². The summed E-state index contributed by atoms with van der Waals surface area (Å²) < 4.78 is 40.3. The van der Waals surface area contributed by atoms with Gasteiger partial charge in [0.2, 0.25) is 0 Å². The first-order valence-electron chi connectivity index (χ1n) is 11.5. The van der Waals surface area contributed by atoms with E-state index in [1.54, 1.807) is 11.0 Å². The lowest BCUT2D eigenvalue weighted by molar-refractivity contribution is 0.0456. The SMILES string of the molecule is CCc1ncnc(-c2ccc(C(=O)N3CCN(CC(F)F)CC3)c(F)c2)c1C#CC1=CC(N)C=C1. The Morgan fingerprint density at radius 3 is 2.60 bits per heavy atom. The first-order valence-corrected chi connectivity index (χ1v) is 11.5. The van der Waals surface area contributed by atoms with Crippen molar-refractivity contribution in [1.29, 1.82) is 0 Å². The van der Waals surface area contributed by atoms with E-state index in [0.717, 1.165) is 11.3 Å². The van der Waals surface area contributed by atoms with Crippen LogP contribution in [0.15, 0.2) is 48.3 Å². The standard InChI is InChI=1S/C26H26F3N5O/c1-2-23-21(7-4-17-3-6-19(30)13-17)25(32-16-31-23)18-5-8-20(22(27)14-18)26(35)34-11-9-33(10-12-34)15-24(28)29/h3,5-6,8,13-14,16,19,24H,2,9-12,15,30H2,1H3. The maximum atomic E-state index is 15.1. The van der Waals surface area contributed by atoms with E-state index in [2.05, 4.69) is 21.8 Å². The minimum absolute atomic E-state index is 0.0660. The number of amides is 1. The van der Waals surface area contributed by atoms with Gasteiger partial charge < -0.3 is 10.6 Å². The Kier molecular flexibility index (Phi) is 7.63. The van der Waals surface area contributed by atoms with Crippen LogP contribution in [0.5, 0.6) is 0 Å². The molecule has 1 fully saturated rings. The van der Waals surface area contributed by atoms with Crippen molar-refractivity contribution in [3.63, 3.8) is 0 Å². The Hall–Kier alpha value is -3.48. The average molecular weight is 482 g/mol. The second-order valence-electron chi connectivity index (χ2n) is 8.38. The molecule has 2 heterocycles. The Labute approximate surface area is 202 Å². The molecule has 2 N–H and O–H groups in total. The number of nitrogens with zero attached hydrogens (tertiary/aromatic N) is 4. The quantitative estimate of drug-likeness (QED) is 0.665. The Bertz CT molecular complexity index is 1220. The lowest BCUT2D eigenvalue weighted by atomic mass is 10.0. The first-order chi connectivity index (χ1) is 16.9. The van der Waals surface area contributed by atoms with Crippen LogP contribution in [0.2, 0.25) is 0 Å². The third-order valence-electron chi connectivity index (χ3n) is 5.99. The van der Waals surface area contributed by atoms with Crippen molar-refractivity contribution in [2.75, 3.05) is 32.7 Å². The van der Waals surface area contributed by atoms with Crippen molar-refractivity contribution < 1.29 is 18.0 Å². The van der Waals surface area contributed by atoms with Crippen molar-refractivity contribution in [2.45, 2.75) is 25.8 Å². The van der Waals surface area contributed by atoms with Crippen molar-refractivity contribution in [3.05, 3.63) is 71.0 Å². The molecule has 182 valence electrons. The third-order valence-corrected chi connectivity index (χ3v) is 5.99. The average Bonchev–Trinajstić information content (AvgIpc) is 3.27. The molecule has 35 heavy (non-hydrogen) atoms. The number of alkyl halides is 2. The minimum Gasteiger partial charge on any atom is -0.336 e. The van der Waals surface area contributed by atoms with Crippen LogP contribution in [-0.2, 0) is 6.42 Å². The van der Waals surface area contributed by atoms with Crippen molar-refractivity contribution in [2.24, 2.45) is 5.73 Å². The van der Waals surface area contributed by atoms with Crippen LogP contribution in [-0.4, -0.2) is 70.9 Å². The smallest absolute Gasteiger partial charge is 0.256 e. The number of nitrogens with two attached hydrogens (primary N) is 1. The molecule has 9 heteroatoms. The van der Waals surface area contributed by atoms with Gasteiger partial charge in [0.1, 0.15) is 12.1 Å². The number of aromatic nitrogens is 2. The number of carbonyl (C=O) groups is 1. The number of halogens is 3. The molecule has 1 saturated heterocycles. The predicted molar refractivity (Wildman–Crippen MR) is 127 cm³/mol. The molecule has 0 radical (unpaired) electrons.